The van der Waals surface area contributed by atoms with E-state index in [2.05, 4.69) is 49.7 Å². The number of carbonyl (C=O) groups is 2. The highest BCUT2D eigenvalue weighted by Gasteiger charge is 2.25. The first-order valence-electron chi connectivity index (χ1n) is 12.3. The van der Waals surface area contributed by atoms with Crippen molar-refractivity contribution in [3.63, 3.8) is 0 Å². The number of fused-ring (bicyclic) bond motifs is 1. The summed E-state index contributed by atoms with van der Waals surface area (Å²) in [6, 6.07) is 13.3. The number of aromatic nitrogens is 4. The Morgan fingerprint density at radius 2 is 1.76 bits per heavy atom. The van der Waals surface area contributed by atoms with E-state index in [1.165, 1.54) is 11.2 Å². The van der Waals surface area contributed by atoms with Crippen molar-refractivity contribution in [2.24, 2.45) is 0 Å². The van der Waals surface area contributed by atoms with Crippen LogP contribution < -0.4 is 16.0 Å². The van der Waals surface area contributed by atoms with Crippen molar-refractivity contribution in [1.82, 2.24) is 30.2 Å². The Hall–Kier alpha value is -4.60. The van der Waals surface area contributed by atoms with Gasteiger partial charge >= 0.3 is 0 Å². The van der Waals surface area contributed by atoms with Crippen LogP contribution in [0.2, 0.25) is 0 Å². The highest BCUT2D eigenvalue weighted by Crippen LogP contribution is 2.31. The molecule has 3 aromatic heterocycles. The van der Waals surface area contributed by atoms with E-state index in [1.54, 1.807) is 39.6 Å². The zero-order valence-electron chi connectivity index (χ0n) is 22.2. The fraction of sp³-hybridized carbons (Fsp3) is 0.286. The molecule has 0 saturated carbocycles. The maximum absolute atomic E-state index is 12.4. The Morgan fingerprint density at radius 1 is 0.947 bits per heavy atom. The van der Waals surface area contributed by atoms with Crippen LogP contribution in [-0.2, 0) is 10.2 Å². The predicted octanol–water partition coefficient (Wildman–Crippen LogP) is 3.34. The minimum absolute atomic E-state index is 0.0310. The number of carbonyl (C=O) groups excluding carboxylic acids is 2. The quantitative estimate of drug-likeness (QED) is 0.312. The number of hydrogen-bond acceptors (Lipinski definition) is 8. The van der Waals surface area contributed by atoms with E-state index < -0.39 is 0 Å². The molecule has 1 aromatic carbocycles. The molecule has 0 aliphatic rings. The molecular weight excluding hydrogens is 480 g/mol. The molecule has 0 fully saturated rings. The van der Waals surface area contributed by atoms with Crippen LogP contribution in [0.1, 0.15) is 29.8 Å². The fourth-order valence-corrected chi connectivity index (χ4v) is 4.05. The number of anilines is 2. The molecule has 4 aromatic rings. The van der Waals surface area contributed by atoms with Crippen LogP contribution in [0.5, 0.6) is 0 Å². The van der Waals surface area contributed by atoms with Crippen LogP contribution in [0.3, 0.4) is 0 Å². The molecule has 0 bridgehead atoms. The van der Waals surface area contributed by atoms with Crippen molar-refractivity contribution in [2.45, 2.75) is 19.3 Å². The van der Waals surface area contributed by atoms with E-state index in [4.69, 9.17) is 0 Å². The maximum atomic E-state index is 12.4. The third kappa shape index (κ3) is 5.86. The standard InChI is InChI=1S/C28H32N8O2/c1-28(2,21-8-6-7-19-20(27(38)29-3)11-12-30-26(19)21)16-33-24-13-22(34-17-35-24)18-9-10-23(31-14-18)32-15-25(37)36(4)5/h6-14,17H,15-16H2,1-5H3,(H,29,38)(H,31,32)(H,33,34,35). The highest BCUT2D eigenvalue weighted by molar-refractivity contribution is 6.06. The molecule has 0 aliphatic heterocycles. The molecule has 3 heterocycles. The van der Waals surface area contributed by atoms with Crippen molar-refractivity contribution < 1.29 is 9.59 Å². The molecular formula is C28H32N8O2. The number of pyridine rings is 2. The van der Waals surface area contributed by atoms with Gasteiger partial charge in [0.25, 0.3) is 5.91 Å². The first-order valence-corrected chi connectivity index (χ1v) is 12.3. The number of likely N-dealkylation sites (N-methyl/N-ethyl adjacent to an activating group) is 1. The zero-order chi connectivity index (χ0) is 27.3. The van der Waals surface area contributed by atoms with Gasteiger partial charge in [0.2, 0.25) is 5.91 Å². The second-order valence-corrected chi connectivity index (χ2v) is 9.74. The minimum Gasteiger partial charge on any atom is -0.369 e. The maximum Gasteiger partial charge on any atom is 0.251 e. The molecule has 0 atom stereocenters. The van der Waals surface area contributed by atoms with Gasteiger partial charge in [0, 0.05) is 62.5 Å². The minimum atomic E-state index is -0.322. The SMILES string of the molecule is CNC(=O)c1ccnc2c(C(C)(C)CNc3cc(-c4ccc(NCC(=O)N(C)C)nc4)ncn3)cccc12. The van der Waals surface area contributed by atoms with Gasteiger partial charge in [0.05, 0.1) is 23.3 Å². The van der Waals surface area contributed by atoms with Gasteiger partial charge in [0.15, 0.2) is 0 Å². The molecule has 4 rings (SSSR count). The predicted molar refractivity (Wildman–Crippen MR) is 149 cm³/mol. The summed E-state index contributed by atoms with van der Waals surface area (Å²) in [4.78, 5) is 43.4. The van der Waals surface area contributed by atoms with Crippen LogP contribution in [0.4, 0.5) is 11.6 Å². The molecule has 0 radical (unpaired) electrons. The van der Waals surface area contributed by atoms with E-state index >= 15 is 0 Å². The second kappa shape index (κ2) is 11.2. The van der Waals surface area contributed by atoms with Crippen LogP contribution in [-0.4, -0.2) is 70.9 Å². The third-order valence-corrected chi connectivity index (χ3v) is 6.33. The highest BCUT2D eigenvalue weighted by atomic mass is 16.2. The number of nitrogens with one attached hydrogen (secondary N) is 3. The number of nitrogens with zero attached hydrogens (tertiary/aromatic N) is 5. The molecule has 38 heavy (non-hydrogen) atoms. The van der Waals surface area contributed by atoms with Crippen LogP contribution in [0, 0.1) is 0 Å². The summed E-state index contributed by atoms with van der Waals surface area (Å²) in [5.41, 5.74) is 3.67. The molecule has 10 heteroatoms. The monoisotopic (exact) mass is 512 g/mol. The van der Waals surface area contributed by atoms with E-state index in [-0.39, 0.29) is 23.8 Å². The van der Waals surface area contributed by atoms with Crippen LogP contribution in [0.15, 0.2) is 61.2 Å². The Labute approximate surface area is 221 Å². The summed E-state index contributed by atoms with van der Waals surface area (Å²) in [6.45, 7) is 5.01. The average Bonchev–Trinajstić information content (AvgIpc) is 2.94. The Morgan fingerprint density at radius 3 is 2.47 bits per heavy atom. The van der Waals surface area contributed by atoms with Gasteiger partial charge in [-0.3, -0.25) is 14.6 Å². The van der Waals surface area contributed by atoms with Gasteiger partial charge in [-0.15, -0.1) is 0 Å². The lowest BCUT2D eigenvalue weighted by Crippen LogP contribution is -2.28. The molecule has 0 aliphatic carbocycles. The van der Waals surface area contributed by atoms with Crippen molar-refractivity contribution in [3.05, 3.63) is 72.3 Å². The molecule has 0 saturated heterocycles. The number of para-hydroxylation sites is 1. The molecule has 0 spiro atoms. The Kier molecular flexibility index (Phi) is 7.80. The summed E-state index contributed by atoms with van der Waals surface area (Å²) >= 11 is 0. The van der Waals surface area contributed by atoms with Crippen molar-refractivity contribution in [2.75, 3.05) is 44.9 Å². The lowest BCUT2D eigenvalue weighted by molar-refractivity contribution is -0.126. The summed E-state index contributed by atoms with van der Waals surface area (Å²) in [7, 11) is 5.05. The second-order valence-electron chi connectivity index (χ2n) is 9.74. The number of hydrogen-bond donors (Lipinski definition) is 3. The van der Waals surface area contributed by atoms with Crippen LogP contribution >= 0.6 is 0 Å². The molecule has 2 amide bonds. The summed E-state index contributed by atoms with van der Waals surface area (Å²) in [5, 5.41) is 9.96. The van der Waals surface area contributed by atoms with Gasteiger partial charge in [-0.25, -0.2) is 15.0 Å². The van der Waals surface area contributed by atoms with E-state index in [9.17, 15) is 9.59 Å². The average molecular weight is 513 g/mol. The lowest BCUT2D eigenvalue weighted by Gasteiger charge is -2.27. The number of rotatable bonds is 9. The van der Waals surface area contributed by atoms with Crippen molar-refractivity contribution in [1.29, 1.82) is 0 Å². The molecule has 0 unspecified atom stereocenters. The number of amides is 2. The van der Waals surface area contributed by atoms with Crippen molar-refractivity contribution >= 4 is 34.4 Å². The van der Waals surface area contributed by atoms with Gasteiger partial charge in [0.1, 0.15) is 18.0 Å². The van der Waals surface area contributed by atoms with E-state index in [0.717, 1.165) is 27.7 Å². The lowest BCUT2D eigenvalue weighted by atomic mass is 9.82. The summed E-state index contributed by atoms with van der Waals surface area (Å²) in [5.74, 6) is 1.12. The van der Waals surface area contributed by atoms with Gasteiger partial charge in [-0.1, -0.05) is 32.0 Å². The number of benzene rings is 1. The van der Waals surface area contributed by atoms with Crippen LogP contribution in [0.25, 0.3) is 22.2 Å². The molecule has 10 nitrogen and oxygen atoms in total. The zero-order valence-corrected chi connectivity index (χ0v) is 22.2. The van der Waals surface area contributed by atoms with E-state index in [0.29, 0.717) is 23.7 Å². The smallest absolute Gasteiger partial charge is 0.251 e. The fourth-order valence-electron chi connectivity index (χ4n) is 4.05. The third-order valence-electron chi connectivity index (χ3n) is 6.33. The van der Waals surface area contributed by atoms with Gasteiger partial charge in [-0.2, -0.15) is 0 Å². The first kappa shape index (κ1) is 26.5. The summed E-state index contributed by atoms with van der Waals surface area (Å²) in [6.07, 6.45) is 4.90. The first-order chi connectivity index (χ1) is 18.2. The Balaban J connectivity index is 1.49. The van der Waals surface area contributed by atoms with Crippen molar-refractivity contribution in [3.8, 4) is 11.3 Å². The largest absolute Gasteiger partial charge is 0.369 e. The Bertz CT molecular complexity index is 1450. The van der Waals surface area contributed by atoms with Gasteiger partial charge < -0.3 is 20.9 Å². The van der Waals surface area contributed by atoms with E-state index in [1.807, 2.05) is 36.4 Å². The molecule has 196 valence electrons. The topological polar surface area (TPSA) is 125 Å². The molecule has 3 N–H and O–H groups in total. The summed E-state index contributed by atoms with van der Waals surface area (Å²) < 4.78 is 0. The van der Waals surface area contributed by atoms with Gasteiger partial charge in [-0.05, 0) is 23.8 Å². The normalized spacial score (nSPS) is 11.2.